The van der Waals surface area contributed by atoms with Crippen molar-refractivity contribution in [3.05, 3.63) is 52.2 Å². The van der Waals surface area contributed by atoms with Gasteiger partial charge in [0.05, 0.1) is 13.7 Å². The third-order valence-electron chi connectivity index (χ3n) is 3.16. The van der Waals surface area contributed by atoms with Crippen LogP contribution in [0.4, 0.5) is 0 Å². The van der Waals surface area contributed by atoms with E-state index < -0.39 is 0 Å². The average molecular weight is 317 g/mol. The highest BCUT2D eigenvalue weighted by Gasteiger charge is 2.00. The Kier molecular flexibility index (Phi) is 6.77. The van der Waals surface area contributed by atoms with Crippen LogP contribution in [-0.4, -0.2) is 26.2 Å². The van der Waals surface area contributed by atoms with Crippen molar-refractivity contribution in [3.8, 4) is 5.75 Å². The number of nitrogens with one attached hydrogen (secondary N) is 2. The number of thiophene rings is 1. The van der Waals surface area contributed by atoms with Crippen molar-refractivity contribution >= 4 is 17.3 Å². The molecule has 118 valence electrons. The Morgan fingerprint density at radius 3 is 2.86 bits per heavy atom. The maximum absolute atomic E-state index is 5.25. The lowest BCUT2D eigenvalue weighted by molar-refractivity contribution is 0.414. The molecule has 0 amide bonds. The molecule has 0 aliphatic heterocycles. The predicted molar refractivity (Wildman–Crippen MR) is 93.8 cm³/mol. The summed E-state index contributed by atoms with van der Waals surface area (Å²) in [5.41, 5.74) is 1.25. The molecule has 4 nitrogen and oxygen atoms in total. The summed E-state index contributed by atoms with van der Waals surface area (Å²) >= 11 is 1.73. The van der Waals surface area contributed by atoms with Crippen molar-refractivity contribution in [1.82, 2.24) is 10.6 Å². The van der Waals surface area contributed by atoms with Gasteiger partial charge in [0.15, 0.2) is 5.96 Å². The Hall–Kier alpha value is -2.01. The van der Waals surface area contributed by atoms with Crippen LogP contribution in [0, 0.1) is 0 Å². The highest BCUT2D eigenvalue weighted by molar-refractivity contribution is 7.09. The number of nitrogens with zero attached hydrogens (tertiary/aromatic N) is 1. The SMILES string of the molecule is CCNC(=NCc1cccs1)NCCc1cccc(OC)c1. The minimum Gasteiger partial charge on any atom is -0.497 e. The minimum atomic E-state index is 0.714. The van der Waals surface area contributed by atoms with Gasteiger partial charge in [-0.15, -0.1) is 11.3 Å². The van der Waals surface area contributed by atoms with E-state index in [1.807, 2.05) is 12.1 Å². The number of aliphatic imine (C=N–C) groups is 1. The molecule has 2 rings (SSSR count). The summed E-state index contributed by atoms with van der Waals surface area (Å²) in [5, 5.41) is 8.72. The molecule has 0 spiro atoms. The third kappa shape index (κ3) is 5.41. The number of methoxy groups -OCH3 is 1. The second-order valence-electron chi connectivity index (χ2n) is 4.80. The molecule has 0 aliphatic carbocycles. The predicted octanol–water partition coefficient (Wildman–Crippen LogP) is 3.05. The zero-order chi connectivity index (χ0) is 15.6. The third-order valence-corrected chi connectivity index (χ3v) is 4.02. The van der Waals surface area contributed by atoms with Crippen molar-refractivity contribution in [1.29, 1.82) is 0 Å². The molecule has 0 unspecified atom stereocenters. The van der Waals surface area contributed by atoms with Crippen LogP contribution in [0.3, 0.4) is 0 Å². The number of ether oxygens (including phenoxy) is 1. The van der Waals surface area contributed by atoms with Crippen molar-refractivity contribution in [3.63, 3.8) is 0 Å². The van der Waals surface area contributed by atoms with E-state index in [4.69, 9.17) is 4.74 Å². The second-order valence-corrected chi connectivity index (χ2v) is 5.84. The topological polar surface area (TPSA) is 45.7 Å². The van der Waals surface area contributed by atoms with Gasteiger partial charge in [0, 0.05) is 18.0 Å². The van der Waals surface area contributed by atoms with Crippen molar-refractivity contribution in [2.75, 3.05) is 20.2 Å². The van der Waals surface area contributed by atoms with E-state index in [0.29, 0.717) is 6.54 Å². The largest absolute Gasteiger partial charge is 0.497 e. The van der Waals surface area contributed by atoms with E-state index >= 15 is 0 Å². The zero-order valence-electron chi connectivity index (χ0n) is 13.1. The molecule has 0 saturated carbocycles. The Morgan fingerprint density at radius 2 is 2.14 bits per heavy atom. The fraction of sp³-hybridized carbons (Fsp3) is 0.353. The molecule has 1 aromatic carbocycles. The van der Waals surface area contributed by atoms with Gasteiger partial charge in [0.25, 0.3) is 0 Å². The number of benzene rings is 1. The smallest absolute Gasteiger partial charge is 0.191 e. The Morgan fingerprint density at radius 1 is 1.23 bits per heavy atom. The summed E-state index contributed by atoms with van der Waals surface area (Å²) in [6.07, 6.45) is 0.931. The molecule has 0 radical (unpaired) electrons. The Bertz CT molecular complexity index is 581. The summed E-state index contributed by atoms with van der Waals surface area (Å²) in [6.45, 7) is 4.48. The average Bonchev–Trinajstić information content (AvgIpc) is 3.06. The standard InChI is InChI=1S/C17H23N3OS/c1-3-18-17(20-13-16-8-5-11-22-16)19-10-9-14-6-4-7-15(12-14)21-2/h4-8,11-12H,3,9-10,13H2,1-2H3,(H2,18,19,20). The van der Waals surface area contributed by atoms with E-state index in [-0.39, 0.29) is 0 Å². The number of rotatable bonds is 7. The fourth-order valence-electron chi connectivity index (χ4n) is 2.05. The monoisotopic (exact) mass is 317 g/mol. The van der Waals surface area contributed by atoms with Crippen LogP contribution in [0.25, 0.3) is 0 Å². The molecule has 0 saturated heterocycles. The van der Waals surface area contributed by atoms with Crippen LogP contribution in [-0.2, 0) is 13.0 Å². The number of hydrogen-bond donors (Lipinski definition) is 2. The van der Waals surface area contributed by atoms with Gasteiger partial charge >= 0.3 is 0 Å². The van der Waals surface area contributed by atoms with E-state index in [9.17, 15) is 0 Å². The lowest BCUT2D eigenvalue weighted by Gasteiger charge is -2.11. The summed E-state index contributed by atoms with van der Waals surface area (Å²) in [7, 11) is 1.69. The zero-order valence-corrected chi connectivity index (χ0v) is 14.0. The normalized spacial score (nSPS) is 11.3. The van der Waals surface area contributed by atoms with E-state index in [2.05, 4.69) is 52.2 Å². The molecular weight excluding hydrogens is 294 g/mol. The van der Waals surface area contributed by atoms with Crippen LogP contribution in [0.15, 0.2) is 46.8 Å². The van der Waals surface area contributed by atoms with Crippen LogP contribution in [0.2, 0.25) is 0 Å². The quantitative estimate of drug-likeness (QED) is 0.609. The summed E-state index contributed by atoms with van der Waals surface area (Å²) < 4.78 is 5.25. The van der Waals surface area contributed by atoms with E-state index in [1.165, 1.54) is 10.4 Å². The molecule has 0 aliphatic rings. The molecule has 1 heterocycles. The van der Waals surface area contributed by atoms with Crippen molar-refractivity contribution in [2.24, 2.45) is 4.99 Å². The summed E-state index contributed by atoms with van der Waals surface area (Å²) in [4.78, 5) is 5.87. The fourth-order valence-corrected chi connectivity index (χ4v) is 2.68. The molecule has 2 N–H and O–H groups in total. The van der Waals surface area contributed by atoms with Crippen molar-refractivity contribution in [2.45, 2.75) is 19.9 Å². The van der Waals surface area contributed by atoms with Crippen molar-refractivity contribution < 1.29 is 4.74 Å². The Labute approximate surface area is 136 Å². The summed E-state index contributed by atoms with van der Waals surface area (Å²) in [6, 6.07) is 12.3. The highest BCUT2D eigenvalue weighted by Crippen LogP contribution is 2.12. The van der Waals surface area contributed by atoms with E-state index in [0.717, 1.165) is 31.2 Å². The molecule has 0 fully saturated rings. The van der Waals surface area contributed by atoms with Crippen LogP contribution < -0.4 is 15.4 Å². The van der Waals surface area contributed by atoms with Gasteiger partial charge in [-0.1, -0.05) is 18.2 Å². The van der Waals surface area contributed by atoms with Crippen LogP contribution in [0.5, 0.6) is 5.75 Å². The first-order chi connectivity index (χ1) is 10.8. The molecular formula is C17H23N3OS. The van der Waals surface area contributed by atoms with Gasteiger partial charge in [-0.3, -0.25) is 0 Å². The van der Waals surface area contributed by atoms with Crippen LogP contribution in [0.1, 0.15) is 17.4 Å². The number of hydrogen-bond acceptors (Lipinski definition) is 3. The molecule has 0 atom stereocenters. The van der Waals surface area contributed by atoms with Gasteiger partial charge in [-0.2, -0.15) is 0 Å². The first kappa shape index (κ1) is 16.4. The molecule has 1 aromatic heterocycles. The van der Waals surface area contributed by atoms with Gasteiger partial charge in [0.1, 0.15) is 5.75 Å². The maximum atomic E-state index is 5.25. The van der Waals surface area contributed by atoms with Crippen LogP contribution >= 0.6 is 11.3 Å². The Balaban J connectivity index is 1.84. The molecule has 5 heteroatoms. The minimum absolute atomic E-state index is 0.714. The first-order valence-corrected chi connectivity index (χ1v) is 8.37. The number of guanidine groups is 1. The second kappa shape index (κ2) is 9.10. The van der Waals surface area contributed by atoms with Gasteiger partial charge in [0.2, 0.25) is 0 Å². The van der Waals surface area contributed by atoms with Gasteiger partial charge in [-0.05, 0) is 42.5 Å². The lowest BCUT2D eigenvalue weighted by Crippen LogP contribution is -2.38. The highest BCUT2D eigenvalue weighted by atomic mass is 32.1. The summed E-state index contributed by atoms with van der Waals surface area (Å²) in [5.74, 6) is 1.76. The molecule has 0 bridgehead atoms. The maximum Gasteiger partial charge on any atom is 0.191 e. The van der Waals surface area contributed by atoms with Gasteiger partial charge in [-0.25, -0.2) is 4.99 Å². The van der Waals surface area contributed by atoms with Gasteiger partial charge < -0.3 is 15.4 Å². The first-order valence-electron chi connectivity index (χ1n) is 7.49. The van der Waals surface area contributed by atoms with E-state index in [1.54, 1.807) is 18.4 Å². The molecule has 2 aromatic rings. The lowest BCUT2D eigenvalue weighted by atomic mass is 10.1. The molecule has 22 heavy (non-hydrogen) atoms.